The van der Waals surface area contributed by atoms with Gasteiger partial charge in [-0.15, -0.1) is 0 Å². The molecule has 0 radical (unpaired) electrons. The standard InChI is InChI=1S/C18H28N2O2/c1-14(17(19)12-15-8-4-2-5-9-15)20-18(21)22-13-16-10-6-3-7-11-16/h3,6-7,10-11,14-15,17H,2,4-5,8-9,12-13,19H2,1H3,(H,20,21)/t14-,17+/m1/s1. The summed E-state index contributed by atoms with van der Waals surface area (Å²) in [6, 6.07) is 9.60. The van der Waals surface area contributed by atoms with E-state index in [1.165, 1.54) is 32.1 Å². The van der Waals surface area contributed by atoms with E-state index in [0.717, 1.165) is 12.0 Å². The maximum atomic E-state index is 11.8. The number of rotatable bonds is 6. The SMILES string of the molecule is C[C@@H](NC(=O)OCc1ccccc1)[C@@H](N)CC1CCCCC1. The lowest BCUT2D eigenvalue weighted by Crippen LogP contribution is -2.46. The number of nitrogens with two attached hydrogens (primary N) is 1. The van der Waals surface area contributed by atoms with Crippen LogP contribution in [-0.2, 0) is 11.3 Å². The number of hydrogen-bond donors (Lipinski definition) is 2. The van der Waals surface area contributed by atoms with Gasteiger partial charge < -0.3 is 15.8 Å². The van der Waals surface area contributed by atoms with E-state index in [2.05, 4.69) is 5.32 Å². The Kier molecular flexibility index (Phi) is 6.72. The van der Waals surface area contributed by atoms with Gasteiger partial charge in [0.15, 0.2) is 0 Å². The largest absolute Gasteiger partial charge is 0.445 e. The zero-order valence-electron chi connectivity index (χ0n) is 13.5. The summed E-state index contributed by atoms with van der Waals surface area (Å²) in [5.74, 6) is 0.716. The molecule has 0 spiro atoms. The van der Waals surface area contributed by atoms with Crippen molar-refractivity contribution < 1.29 is 9.53 Å². The Bertz CT molecular complexity index is 444. The van der Waals surface area contributed by atoms with Gasteiger partial charge in [-0.05, 0) is 24.8 Å². The van der Waals surface area contributed by atoms with Crippen molar-refractivity contribution in [3.8, 4) is 0 Å². The third kappa shape index (κ3) is 5.68. The van der Waals surface area contributed by atoms with Gasteiger partial charge in [-0.2, -0.15) is 0 Å². The van der Waals surface area contributed by atoms with Crippen LogP contribution in [0, 0.1) is 5.92 Å². The van der Waals surface area contributed by atoms with Crippen LogP contribution in [0.3, 0.4) is 0 Å². The Morgan fingerprint density at radius 3 is 2.64 bits per heavy atom. The molecule has 1 aromatic rings. The molecule has 1 aromatic carbocycles. The van der Waals surface area contributed by atoms with Crippen molar-refractivity contribution in [1.82, 2.24) is 5.32 Å². The minimum absolute atomic E-state index is 0.00706. The van der Waals surface area contributed by atoms with Crippen LogP contribution in [0.1, 0.15) is 51.0 Å². The number of alkyl carbamates (subject to hydrolysis) is 1. The van der Waals surface area contributed by atoms with Gasteiger partial charge in [0.05, 0.1) is 0 Å². The number of nitrogens with one attached hydrogen (secondary N) is 1. The highest BCUT2D eigenvalue weighted by Crippen LogP contribution is 2.27. The summed E-state index contributed by atoms with van der Waals surface area (Å²) >= 11 is 0. The highest BCUT2D eigenvalue weighted by molar-refractivity contribution is 5.67. The Balaban J connectivity index is 1.68. The van der Waals surface area contributed by atoms with Crippen LogP contribution in [0.5, 0.6) is 0 Å². The Morgan fingerprint density at radius 2 is 1.95 bits per heavy atom. The summed E-state index contributed by atoms with van der Waals surface area (Å²) in [4.78, 5) is 11.8. The second kappa shape index (κ2) is 8.79. The van der Waals surface area contributed by atoms with Crippen LogP contribution in [0.4, 0.5) is 4.79 Å². The van der Waals surface area contributed by atoms with Crippen molar-refractivity contribution in [3.63, 3.8) is 0 Å². The average Bonchev–Trinajstić information content (AvgIpc) is 2.55. The molecule has 1 amide bonds. The number of benzene rings is 1. The quantitative estimate of drug-likeness (QED) is 0.844. The summed E-state index contributed by atoms with van der Waals surface area (Å²) in [5, 5.41) is 2.85. The fourth-order valence-electron chi connectivity index (χ4n) is 3.07. The average molecular weight is 304 g/mol. The van der Waals surface area contributed by atoms with Gasteiger partial charge >= 0.3 is 6.09 Å². The lowest BCUT2D eigenvalue weighted by Gasteiger charge is -2.28. The molecular weight excluding hydrogens is 276 g/mol. The summed E-state index contributed by atoms with van der Waals surface area (Å²) < 4.78 is 5.23. The first-order valence-corrected chi connectivity index (χ1v) is 8.38. The molecular formula is C18H28N2O2. The van der Waals surface area contributed by atoms with Crippen LogP contribution >= 0.6 is 0 Å². The third-order valence-electron chi connectivity index (χ3n) is 4.53. The zero-order chi connectivity index (χ0) is 15.8. The highest BCUT2D eigenvalue weighted by atomic mass is 16.5. The Hall–Kier alpha value is -1.55. The van der Waals surface area contributed by atoms with Crippen molar-refractivity contribution in [2.24, 2.45) is 11.7 Å². The number of hydrogen-bond acceptors (Lipinski definition) is 3. The molecule has 1 fully saturated rings. The van der Waals surface area contributed by atoms with Gasteiger partial charge in [0, 0.05) is 12.1 Å². The molecule has 1 aliphatic carbocycles. The van der Waals surface area contributed by atoms with Crippen LogP contribution < -0.4 is 11.1 Å². The minimum Gasteiger partial charge on any atom is -0.445 e. The lowest BCUT2D eigenvalue weighted by atomic mass is 9.84. The van der Waals surface area contributed by atoms with Crippen molar-refractivity contribution >= 4 is 6.09 Å². The van der Waals surface area contributed by atoms with E-state index in [-0.39, 0.29) is 18.7 Å². The first-order valence-electron chi connectivity index (χ1n) is 8.38. The molecule has 2 rings (SSSR count). The first-order chi connectivity index (χ1) is 10.6. The van der Waals surface area contributed by atoms with E-state index in [9.17, 15) is 4.79 Å². The molecule has 3 N–H and O–H groups in total. The lowest BCUT2D eigenvalue weighted by molar-refractivity contribution is 0.134. The monoisotopic (exact) mass is 304 g/mol. The van der Waals surface area contributed by atoms with Crippen molar-refractivity contribution in [2.45, 2.75) is 64.1 Å². The number of ether oxygens (including phenoxy) is 1. The molecule has 0 aliphatic heterocycles. The molecule has 22 heavy (non-hydrogen) atoms. The topological polar surface area (TPSA) is 64.3 Å². The first kappa shape index (κ1) is 16.8. The molecule has 2 atom stereocenters. The molecule has 0 unspecified atom stereocenters. The highest BCUT2D eigenvalue weighted by Gasteiger charge is 2.21. The molecule has 0 bridgehead atoms. The van der Waals surface area contributed by atoms with E-state index in [4.69, 9.17) is 10.5 Å². The van der Waals surface area contributed by atoms with Crippen LogP contribution in [0.25, 0.3) is 0 Å². The normalized spacial score (nSPS) is 18.5. The van der Waals surface area contributed by atoms with Gasteiger partial charge in [-0.25, -0.2) is 4.79 Å². The Morgan fingerprint density at radius 1 is 1.27 bits per heavy atom. The Labute approximate surface area is 133 Å². The van der Waals surface area contributed by atoms with Gasteiger partial charge in [0.2, 0.25) is 0 Å². The summed E-state index contributed by atoms with van der Waals surface area (Å²) in [7, 11) is 0. The maximum absolute atomic E-state index is 11.8. The third-order valence-corrected chi connectivity index (χ3v) is 4.53. The molecule has 0 saturated heterocycles. The van der Waals surface area contributed by atoms with E-state index in [0.29, 0.717) is 5.92 Å². The second-order valence-electron chi connectivity index (χ2n) is 6.40. The predicted molar refractivity (Wildman–Crippen MR) is 88.4 cm³/mol. The summed E-state index contributed by atoms with van der Waals surface area (Å²) in [5.41, 5.74) is 7.22. The molecule has 4 nitrogen and oxygen atoms in total. The summed E-state index contributed by atoms with van der Waals surface area (Å²) in [6.45, 7) is 2.24. The number of amides is 1. The minimum atomic E-state index is -0.393. The van der Waals surface area contributed by atoms with Gasteiger partial charge in [-0.3, -0.25) is 0 Å². The smallest absolute Gasteiger partial charge is 0.407 e. The molecule has 0 heterocycles. The van der Waals surface area contributed by atoms with E-state index in [1.807, 2.05) is 37.3 Å². The molecule has 122 valence electrons. The van der Waals surface area contributed by atoms with Crippen LogP contribution in [0.15, 0.2) is 30.3 Å². The second-order valence-corrected chi connectivity index (χ2v) is 6.40. The number of carbonyl (C=O) groups is 1. The van der Waals surface area contributed by atoms with E-state index in [1.54, 1.807) is 0 Å². The van der Waals surface area contributed by atoms with Crippen molar-refractivity contribution in [1.29, 1.82) is 0 Å². The molecule has 1 aliphatic rings. The van der Waals surface area contributed by atoms with Crippen LogP contribution in [0.2, 0.25) is 0 Å². The molecule has 1 saturated carbocycles. The maximum Gasteiger partial charge on any atom is 0.407 e. The number of carbonyl (C=O) groups excluding carboxylic acids is 1. The van der Waals surface area contributed by atoms with Gasteiger partial charge in [-0.1, -0.05) is 62.4 Å². The van der Waals surface area contributed by atoms with Crippen LogP contribution in [-0.4, -0.2) is 18.2 Å². The summed E-state index contributed by atoms with van der Waals surface area (Å²) in [6.07, 6.45) is 7.13. The fourth-order valence-corrected chi connectivity index (χ4v) is 3.07. The zero-order valence-corrected chi connectivity index (χ0v) is 13.5. The van der Waals surface area contributed by atoms with Gasteiger partial charge in [0.25, 0.3) is 0 Å². The van der Waals surface area contributed by atoms with Crippen molar-refractivity contribution in [3.05, 3.63) is 35.9 Å². The van der Waals surface area contributed by atoms with Crippen molar-refractivity contribution in [2.75, 3.05) is 0 Å². The van der Waals surface area contributed by atoms with E-state index >= 15 is 0 Å². The predicted octanol–water partition coefficient (Wildman–Crippen LogP) is 3.60. The molecule has 0 aromatic heterocycles. The van der Waals surface area contributed by atoms with E-state index < -0.39 is 6.09 Å². The fraction of sp³-hybridized carbons (Fsp3) is 0.611. The molecule has 4 heteroatoms. The van der Waals surface area contributed by atoms with Gasteiger partial charge in [0.1, 0.15) is 6.61 Å².